The summed E-state index contributed by atoms with van der Waals surface area (Å²) >= 11 is 8.44. The van der Waals surface area contributed by atoms with Gasteiger partial charge in [0.15, 0.2) is 0 Å². The highest BCUT2D eigenvalue weighted by Crippen LogP contribution is 2.49. The highest BCUT2D eigenvalue weighted by atomic mass is 35.5. The number of halogens is 1. The van der Waals surface area contributed by atoms with Crippen molar-refractivity contribution in [1.82, 2.24) is 9.88 Å². The van der Waals surface area contributed by atoms with Gasteiger partial charge in [-0.2, -0.15) is 0 Å². The van der Waals surface area contributed by atoms with Gasteiger partial charge in [-0.25, -0.2) is 4.98 Å². The zero-order valence-electron chi connectivity index (χ0n) is 19.7. The Labute approximate surface area is 214 Å². The number of likely N-dealkylation sites (tertiary alicyclic amines) is 1. The number of nitrogens with zero attached hydrogens (tertiary/aromatic N) is 2. The van der Waals surface area contributed by atoms with Gasteiger partial charge >= 0.3 is 0 Å². The molecule has 0 radical (unpaired) electrons. The van der Waals surface area contributed by atoms with E-state index in [9.17, 15) is 9.90 Å². The standard InChI is InChI=1S/C27H30ClN3O3S/c1-27(15-34-14-24(27)32)31-6-4-16(5-7-31)19-9-17-11-25(29-13-18(17)10-22(19)28)30-26(33)21-12-20(21)23-3-2-8-35-23/h2-3,8-11,13,16,20-21,24,32H,4-7,12,14-15H2,1H3,(H,29,30,33)/t20-,21-,24-,27+/m0/s1. The molecule has 1 amide bonds. The third-order valence-corrected chi connectivity index (χ3v) is 9.50. The first kappa shape index (κ1) is 23.4. The lowest BCUT2D eigenvalue weighted by atomic mass is 9.85. The molecule has 1 aromatic carbocycles. The summed E-state index contributed by atoms with van der Waals surface area (Å²) in [6, 6.07) is 10.3. The summed E-state index contributed by atoms with van der Waals surface area (Å²) in [6.45, 7) is 4.89. The predicted molar refractivity (Wildman–Crippen MR) is 139 cm³/mol. The van der Waals surface area contributed by atoms with Crippen molar-refractivity contribution in [3.63, 3.8) is 0 Å². The van der Waals surface area contributed by atoms with Crippen LogP contribution in [0.4, 0.5) is 5.82 Å². The van der Waals surface area contributed by atoms with Gasteiger partial charge in [0.25, 0.3) is 0 Å². The number of aliphatic hydroxyl groups excluding tert-OH is 1. The third-order valence-electron chi connectivity index (χ3n) is 8.17. The molecule has 2 saturated heterocycles. The van der Waals surface area contributed by atoms with Gasteiger partial charge in [-0.1, -0.05) is 17.7 Å². The summed E-state index contributed by atoms with van der Waals surface area (Å²) < 4.78 is 5.54. The largest absolute Gasteiger partial charge is 0.389 e. The van der Waals surface area contributed by atoms with Gasteiger partial charge in [-0.05, 0) is 85.8 Å². The minimum absolute atomic E-state index is 0.0303. The zero-order chi connectivity index (χ0) is 24.2. The molecule has 1 saturated carbocycles. The van der Waals surface area contributed by atoms with E-state index in [0.29, 0.717) is 30.9 Å². The van der Waals surface area contributed by atoms with Crippen molar-refractivity contribution in [2.45, 2.75) is 49.7 Å². The van der Waals surface area contributed by atoms with Gasteiger partial charge in [0.05, 0.1) is 24.9 Å². The number of rotatable bonds is 5. The molecule has 6 rings (SSSR count). The van der Waals surface area contributed by atoms with Crippen LogP contribution in [0.15, 0.2) is 41.9 Å². The molecule has 2 N–H and O–H groups in total. The van der Waals surface area contributed by atoms with Gasteiger partial charge in [-0.15, -0.1) is 11.3 Å². The van der Waals surface area contributed by atoms with Crippen LogP contribution in [-0.4, -0.2) is 58.8 Å². The first-order chi connectivity index (χ1) is 16.9. The van der Waals surface area contributed by atoms with E-state index < -0.39 is 6.10 Å². The number of hydrogen-bond donors (Lipinski definition) is 2. The van der Waals surface area contributed by atoms with E-state index in [1.54, 1.807) is 17.5 Å². The van der Waals surface area contributed by atoms with Crippen LogP contribution in [0.5, 0.6) is 0 Å². The van der Waals surface area contributed by atoms with E-state index in [0.717, 1.165) is 53.7 Å². The third kappa shape index (κ3) is 4.38. The molecule has 0 bridgehead atoms. The zero-order valence-corrected chi connectivity index (χ0v) is 21.3. The normalized spacial score (nSPS) is 29.5. The highest BCUT2D eigenvalue weighted by Gasteiger charge is 2.45. The first-order valence-electron chi connectivity index (χ1n) is 12.4. The Morgan fingerprint density at radius 3 is 2.83 bits per heavy atom. The van der Waals surface area contributed by atoms with Crippen molar-refractivity contribution < 1.29 is 14.6 Å². The predicted octanol–water partition coefficient (Wildman–Crippen LogP) is 5.02. The van der Waals surface area contributed by atoms with Gasteiger partial charge in [0.1, 0.15) is 5.82 Å². The quantitative estimate of drug-likeness (QED) is 0.503. The maximum absolute atomic E-state index is 12.8. The van der Waals surface area contributed by atoms with Crippen LogP contribution in [-0.2, 0) is 9.53 Å². The Kier molecular flexibility index (Phi) is 6.09. The van der Waals surface area contributed by atoms with Crippen LogP contribution >= 0.6 is 22.9 Å². The number of aromatic nitrogens is 1. The minimum Gasteiger partial charge on any atom is -0.389 e. The maximum atomic E-state index is 12.8. The number of fused-ring (bicyclic) bond motifs is 1. The van der Waals surface area contributed by atoms with E-state index in [-0.39, 0.29) is 17.4 Å². The molecule has 0 spiro atoms. The maximum Gasteiger partial charge on any atom is 0.229 e. The molecule has 2 aromatic heterocycles. The summed E-state index contributed by atoms with van der Waals surface area (Å²) in [7, 11) is 0. The second-order valence-electron chi connectivity index (χ2n) is 10.4. The fourth-order valence-corrected chi connectivity index (χ4v) is 6.97. The van der Waals surface area contributed by atoms with Crippen LogP contribution in [0.25, 0.3) is 10.8 Å². The lowest BCUT2D eigenvalue weighted by Crippen LogP contribution is -2.56. The number of pyridine rings is 1. The monoisotopic (exact) mass is 511 g/mol. The summed E-state index contributed by atoms with van der Waals surface area (Å²) in [6.07, 6.45) is 4.21. The number of ether oxygens (including phenoxy) is 1. The van der Waals surface area contributed by atoms with Crippen LogP contribution in [0.1, 0.15) is 48.5 Å². The molecule has 3 fully saturated rings. The van der Waals surface area contributed by atoms with Crippen molar-refractivity contribution in [2.24, 2.45) is 5.92 Å². The molecule has 3 aromatic rings. The lowest BCUT2D eigenvalue weighted by Gasteiger charge is -2.43. The van der Waals surface area contributed by atoms with E-state index >= 15 is 0 Å². The lowest BCUT2D eigenvalue weighted by molar-refractivity contribution is -0.117. The number of carbonyl (C=O) groups is 1. The highest BCUT2D eigenvalue weighted by molar-refractivity contribution is 7.10. The van der Waals surface area contributed by atoms with Gasteiger partial charge in [0.2, 0.25) is 5.91 Å². The van der Waals surface area contributed by atoms with Crippen LogP contribution in [0.2, 0.25) is 5.02 Å². The Morgan fingerprint density at radius 2 is 2.11 bits per heavy atom. The van der Waals surface area contributed by atoms with Gasteiger partial charge in [-0.3, -0.25) is 9.69 Å². The molecule has 184 valence electrons. The molecule has 6 nitrogen and oxygen atoms in total. The number of thiophene rings is 1. The number of aliphatic hydroxyl groups is 1. The number of carbonyl (C=O) groups excluding carboxylic acids is 1. The molecular weight excluding hydrogens is 482 g/mol. The second-order valence-corrected chi connectivity index (χ2v) is 11.8. The van der Waals surface area contributed by atoms with E-state index in [1.807, 2.05) is 18.2 Å². The molecule has 35 heavy (non-hydrogen) atoms. The van der Waals surface area contributed by atoms with E-state index in [2.05, 4.69) is 39.6 Å². The molecule has 4 heterocycles. The smallest absolute Gasteiger partial charge is 0.229 e. The number of nitrogens with one attached hydrogen (secondary N) is 1. The van der Waals surface area contributed by atoms with E-state index in [1.165, 1.54) is 4.88 Å². The van der Waals surface area contributed by atoms with Crippen molar-refractivity contribution in [3.8, 4) is 0 Å². The molecule has 8 heteroatoms. The number of anilines is 1. The number of benzene rings is 1. The van der Waals surface area contributed by atoms with E-state index in [4.69, 9.17) is 16.3 Å². The summed E-state index contributed by atoms with van der Waals surface area (Å²) in [5, 5.41) is 18.3. The summed E-state index contributed by atoms with van der Waals surface area (Å²) in [4.78, 5) is 20.9. The molecule has 4 atom stereocenters. The summed E-state index contributed by atoms with van der Waals surface area (Å²) in [5.74, 6) is 1.36. The molecule has 2 aliphatic heterocycles. The first-order valence-corrected chi connectivity index (χ1v) is 13.6. The van der Waals surface area contributed by atoms with Gasteiger partial charge in [0, 0.05) is 33.3 Å². The number of hydrogen-bond acceptors (Lipinski definition) is 6. The minimum atomic E-state index is -0.444. The SMILES string of the molecule is C[C@@]1(N2CCC(c3cc4cc(NC(=O)[C@H]5C[C@@H]5c5cccs5)ncc4cc3Cl)CC2)COC[C@@H]1O. The fourth-order valence-electron chi connectivity index (χ4n) is 5.74. The Morgan fingerprint density at radius 1 is 1.29 bits per heavy atom. The Balaban J connectivity index is 1.15. The topological polar surface area (TPSA) is 74.7 Å². The van der Waals surface area contributed by atoms with Crippen molar-refractivity contribution in [2.75, 3.05) is 31.6 Å². The van der Waals surface area contributed by atoms with Crippen LogP contribution in [0, 0.1) is 5.92 Å². The molecular formula is C27H30ClN3O3S. The van der Waals surface area contributed by atoms with Crippen molar-refractivity contribution in [1.29, 1.82) is 0 Å². The molecule has 3 aliphatic rings. The van der Waals surface area contributed by atoms with Crippen LogP contribution in [0.3, 0.4) is 0 Å². The Bertz CT molecular complexity index is 1240. The summed E-state index contributed by atoms with van der Waals surface area (Å²) in [5.41, 5.74) is 0.844. The Hall–Kier alpha value is -2.03. The van der Waals surface area contributed by atoms with Crippen LogP contribution < -0.4 is 5.32 Å². The number of piperidine rings is 1. The molecule has 1 aliphatic carbocycles. The molecule has 0 unspecified atom stereocenters. The van der Waals surface area contributed by atoms with Crippen molar-refractivity contribution >= 4 is 45.4 Å². The van der Waals surface area contributed by atoms with Crippen molar-refractivity contribution in [3.05, 3.63) is 57.4 Å². The fraction of sp³-hybridized carbons (Fsp3) is 0.481. The average molecular weight is 512 g/mol. The second kappa shape index (κ2) is 9.12. The average Bonchev–Trinajstić information content (AvgIpc) is 3.32. The van der Waals surface area contributed by atoms with Gasteiger partial charge < -0.3 is 15.2 Å². The number of amides is 1.